The number of ether oxygens (including phenoxy) is 2. The van der Waals surface area contributed by atoms with Crippen LogP contribution in [0, 0.1) is 0 Å². The highest BCUT2D eigenvalue weighted by atomic mass is 28.4. The molecule has 0 unspecified atom stereocenters. The van der Waals surface area contributed by atoms with Crippen molar-refractivity contribution in [3.63, 3.8) is 0 Å². The number of esters is 2. The van der Waals surface area contributed by atoms with Gasteiger partial charge in [0.25, 0.3) is 0 Å². The molecule has 0 aliphatic heterocycles. The average Bonchev–Trinajstić information content (AvgIpc) is 2.47. The van der Waals surface area contributed by atoms with Gasteiger partial charge >= 0.3 is 11.9 Å². The molecule has 112 valence electrons. The van der Waals surface area contributed by atoms with E-state index in [0.29, 0.717) is 0 Å². The fraction of sp³-hybridized carbons (Fsp3) is 0.833. The summed E-state index contributed by atoms with van der Waals surface area (Å²) in [6.07, 6.45) is -2.97. The molecule has 0 rings (SSSR count). The van der Waals surface area contributed by atoms with Gasteiger partial charge in [0.1, 0.15) is 0 Å². The molecule has 0 radical (unpaired) electrons. The molecule has 0 saturated carbocycles. The van der Waals surface area contributed by atoms with Crippen molar-refractivity contribution in [3.8, 4) is 0 Å². The minimum Gasteiger partial charge on any atom is -0.467 e. The van der Waals surface area contributed by atoms with Crippen LogP contribution in [0.5, 0.6) is 0 Å². The summed E-state index contributed by atoms with van der Waals surface area (Å²) in [5, 5.41) is 9.85. The van der Waals surface area contributed by atoms with Gasteiger partial charge < -0.3 is 19.0 Å². The van der Waals surface area contributed by atoms with Crippen LogP contribution >= 0.6 is 0 Å². The van der Waals surface area contributed by atoms with Gasteiger partial charge in [0.05, 0.1) is 14.2 Å². The van der Waals surface area contributed by atoms with Gasteiger partial charge in [-0.25, -0.2) is 9.59 Å². The Hall–Kier alpha value is -0.923. The van der Waals surface area contributed by atoms with E-state index in [1.807, 2.05) is 20.8 Å². The van der Waals surface area contributed by atoms with Gasteiger partial charge in [-0.3, -0.25) is 0 Å². The van der Waals surface area contributed by atoms with Crippen molar-refractivity contribution < 1.29 is 28.6 Å². The maximum absolute atomic E-state index is 11.7. The summed E-state index contributed by atoms with van der Waals surface area (Å²) >= 11 is 0. The van der Waals surface area contributed by atoms with Gasteiger partial charge in [-0.1, -0.05) is 20.8 Å². The number of hydrogen-bond acceptors (Lipinski definition) is 6. The van der Waals surface area contributed by atoms with Crippen LogP contribution in [0.1, 0.15) is 20.8 Å². The Kier molecular flexibility index (Phi) is 7.89. The molecule has 0 aliphatic carbocycles. The second kappa shape index (κ2) is 8.29. The summed E-state index contributed by atoms with van der Waals surface area (Å²) in [6.45, 7) is 5.95. The summed E-state index contributed by atoms with van der Waals surface area (Å²) in [6, 6.07) is 2.38. The molecule has 0 aromatic heterocycles. The number of aliphatic hydroxyl groups excluding tert-OH is 1. The van der Waals surface area contributed by atoms with E-state index in [1.165, 1.54) is 7.11 Å². The van der Waals surface area contributed by atoms with Gasteiger partial charge in [0.15, 0.2) is 20.5 Å². The molecule has 0 aliphatic rings. The van der Waals surface area contributed by atoms with Gasteiger partial charge in [-0.2, -0.15) is 0 Å². The van der Waals surface area contributed by atoms with E-state index in [4.69, 9.17) is 4.43 Å². The Morgan fingerprint density at radius 1 is 1.00 bits per heavy atom. The standard InChI is InChI=1S/C12H24O6Si/c1-6-19(7-2,8-3)18-10(12(15)17-5)9(13)11(14)16-4/h9-10,13H,6-8H2,1-5H3/t9-,10+/m0/s1. The molecular formula is C12H24O6Si. The zero-order chi connectivity index (χ0) is 15.1. The van der Waals surface area contributed by atoms with Gasteiger partial charge in [0, 0.05) is 0 Å². The van der Waals surface area contributed by atoms with Gasteiger partial charge in [-0.15, -0.1) is 0 Å². The van der Waals surface area contributed by atoms with Crippen molar-refractivity contribution in [1.82, 2.24) is 0 Å². The van der Waals surface area contributed by atoms with E-state index >= 15 is 0 Å². The summed E-state index contributed by atoms with van der Waals surface area (Å²) in [7, 11) is 0.184. The van der Waals surface area contributed by atoms with E-state index in [1.54, 1.807) is 0 Å². The molecule has 0 heterocycles. The number of rotatable bonds is 8. The van der Waals surface area contributed by atoms with Crippen LogP contribution in [0.15, 0.2) is 0 Å². The van der Waals surface area contributed by atoms with Crippen molar-refractivity contribution in [3.05, 3.63) is 0 Å². The summed E-state index contributed by atoms with van der Waals surface area (Å²) in [5.41, 5.74) is 0. The van der Waals surface area contributed by atoms with Crippen molar-refractivity contribution in [1.29, 1.82) is 0 Å². The third-order valence-corrected chi connectivity index (χ3v) is 8.09. The number of aliphatic hydroxyl groups is 1. The lowest BCUT2D eigenvalue weighted by molar-refractivity contribution is -0.168. The van der Waals surface area contributed by atoms with Crippen molar-refractivity contribution >= 4 is 20.3 Å². The highest BCUT2D eigenvalue weighted by Gasteiger charge is 2.41. The predicted molar refractivity (Wildman–Crippen MR) is 72.1 cm³/mol. The van der Waals surface area contributed by atoms with Crippen LogP contribution in [0.4, 0.5) is 0 Å². The van der Waals surface area contributed by atoms with Crippen LogP contribution in [-0.2, 0) is 23.5 Å². The fourth-order valence-electron chi connectivity index (χ4n) is 1.87. The molecule has 0 amide bonds. The molecular weight excluding hydrogens is 268 g/mol. The van der Waals surface area contributed by atoms with Crippen molar-refractivity contribution in [2.75, 3.05) is 14.2 Å². The van der Waals surface area contributed by atoms with E-state index in [2.05, 4.69) is 9.47 Å². The summed E-state index contributed by atoms with van der Waals surface area (Å²) in [5.74, 6) is -1.66. The number of carbonyl (C=O) groups excluding carboxylic acids is 2. The molecule has 2 atom stereocenters. The maximum atomic E-state index is 11.7. The average molecular weight is 292 g/mol. The first kappa shape index (κ1) is 18.1. The third-order valence-electron chi connectivity index (χ3n) is 3.47. The minimum atomic E-state index is -2.15. The zero-order valence-electron chi connectivity index (χ0n) is 12.3. The van der Waals surface area contributed by atoms with E-state index in [-0.39, 0.29) is 0 Å². The molecule has 6 nitrogen and oxygen atoms in total. The predicted octanol–water partition coefficient (Wildman–Crippen LogP) is 1.08. The molecule has 0 fully saturated rings. The van der Waals surface area contributed by atoms with Crippen LogP contribution in [0.2, 0.25) is 18.1 Å². The first-order valence-electron chi connectivity index (χ1n) is 6.42. The molecule has 0 aromatic carbocycles. The highest BCUT2D eigenvalue weighted by Crippen LogP contribution is 2.25. The van der Waals surface area contributed by atoms with Crippen LogP contribution in [0.3, 0.4) is 0 Å². The molecule has 7 heteroatoms. The Bertz CT molecular complexity index is 294. The quantitative estimate of drug-likeness (QED) is 0.532. The first-order valence-corrected chi connectivity index (χ1v) is 8.95. The topological polar surface area (TPSA) is 82.1 Å². The Morgan fingerprint density at radius 3 is 1.74 bits per heavy atom. The molecule has 0 aromatic rings. The minimum absolute atomic E-state index is 0.759. The molecule has 1 N–H and O–H groups in total. The number of methoxy groups -OCH3 is 2. The van der Waals surface area contributed by atoms with E-state index in [0.717, 1.165) is 25.2 Å². The Morgan fingerprint density at radius 2 is 1.42 bits per heavy atom. The van der Waals surface area contributed by atoms with E-state index in [9.17, 15) is 14.7 Å². The largest absolute Gasteiger partial charge is 0.467 e. The molecule has 0 saturated heterocycles. The summed E-state index contributed by atoms with van der Waals surface area (Å²) < 4.78 is 14.9. The van der Waals surface area contributed by atoms with Crippen LogP contribution in [-0.4, -0.2) is 51.8 Å². The Balaban J connectivity index is 5.16. The normalized spacial score (nSPS) is 14.6. The molecule has 0 bridgehead atoms. The lowest BCUT2D eigenvalue weighted by atomic mass is 10.2. The monoisotopic (exact) mass is 292 g/mol. The SMILES string of the molecule is CC[Si](CC)(CC)O[C@@H](C(=O)OC)[C@H](O)C(=O)OC. The zero-order valence-corrected chi connectivity index (χ0v) is 13.3. The first-order chi connectivity index (χ1) is 8.91. The van der Waals surface area contributed by atoms with Crippen LogP contribution in [0.25, 0.3) is 0 Å². The van der Waals surface area contributed by atoms with Gasteiger partial charge in [-0.05, 0) is 18.1 Å². The fourth-order valence-corrected chi connectivity index (χ4v) is 4.64. The van der Waals surface area contributed by atoms with E-state index < -0.39 is 32.5 Å². The Labute approximate surface area is 115 Å². The third kappa shape index (κ3) is 4.59. The molecule has 0 spiro atoms. The lowest BCUT2D eigenvalue weighted by Crippen LogP contribution is -2.50. The highest BCUT2D eigenvalue weighted by molar-refractivity contribution is 6.73. The second-order valence-electron chi connectivity index (χ2n) is 4.27. The van der Waals surface area contributed by atoms with Crippen molar-refractivity contribution in [2.45, 2.75) is 51.1 Å². The van der Waals surface area contributed by atoms with Gasteiger partial charge in [0.2, 0.25) is 0 Å². The van der Waals surface area contributed by atoms with Crippen LogP contribution < -0.4 is 0 Å². The lowest BCUT2D eigenvalue weighted by Gasteiger charge is -2.33. The second-order valence-corrected chi connectivity index (χ2v) is 9.00. The maximum Gasteiger partial charge on any atom is 0.338 e. The number of hydrogen-bond donors (Lipinski definition) is 1. The summed E-state index contributed by atoms with van der Waals surface area (Å²) in [4.78, 5) is 23.1. The smallest absolute Gasteiger partial charge is 0.338 e. The number of carbonyl (C=O) groups is 2. The molecule has 19 heavy (non-hydrogen) atoms. The van der Waals surface area contributed by atoms with Crippen molar-refractivity contribution in [2.24, 2.45) is 0 Å².